The van der Waals surface area contributed by atoms with Crippen LogP contribution in [0.2, 0.25) is 0 Å². The zero-order chi connectivity index (χ0) is 14.4. The van der Waals surface area contributed by atoms with E-state index >= 15 is 0 Å². The standard InChI is InChI=1S/C15H17N3O2/c1-2-17-15-12(4-3-9-18-15)10-20-13-7-5-11(6-8-13)14(16)19/h3-9H,2,10H2,1H3,(H2,16,19)(H,17,18). The van der Waals surface area contributed by atoms with Crippen LogP contribution in [0, 0.1) is 0 Å². The quantitative estimate of drug-likeness (QED) is 0.844. The largest absolute Gasteiger partial charge is 0.489 e. The Kier molecular flexibility index (Phi) is 4.55. The van der Waals surface area contributed by atoms with Crippen molar-refractivity contribution in [3.8, 4) is 5.75 Å². The summed E-state index contributed by atoms with van der Waals surface area (Å²) in [6.45, 7) is 3.23. The fraction of sp³-hybridized carbons (Fsp3) is 0.200. The van der Waals surface area contributed by atoms with Gasteiger partial charge >= 0.3 is 0 Å². The number of aromatic nitrogens is 1. The molecule has 0 unspecified atom stereocenters. The van der Waals surface area contributed by atoms with Crippen LogP contribution in [0.4, 0.5) is 5.82 Å². The number of pyridine rings is 1. The molecule has 0 radical (unpaired) electrons. The van der Waals surface area contributed by atoms with Gasteiger partial charge in [-0.05, 0) is 37.3 Å². The average molecular weight is 271 g/mol. The number of hydrogen-bond acceptors (Lipinski definition) is 4. The van der Waals surface area contributed by atoms with Crippen molar-refractivity contribution in [1.29, 1.82) is 0 Å². The van der Waals surface area contributed by atoms with Crippen LogP contribution in [0.15, 0.2) is 42.6 Å². The van der Waals surface area contributed by atoms with Crippen molar-refractivity contribution in [2.24, 2.45) is 5.73 Å². The minimum atomic E-state index is -0.446. The van der Waals surface area contributed by atoms with Gasteiger partial charge in [-0.2, -0.15) is 0 Å². The Morgan fingerprint density at radius 3 is 2.70 bits per heavy atom. The normalized spacial score (nSPS) is 10.1. The number of amides is 1. The van der Waals surface area contributed by atoms with Gasteiger partial charge in [0.15, 0.2) is 0 Å². The van der Waals surface area contributed by atoms with Gasteiger partial charge in [-0.25, -0.2) is 4.98 Å². The molecule has 1 heterocycles. The van der Waals surface area contributed by atoms with Gasteiger partial charge in [0.05, 0.1) is 0 Å². The van der Waals surface area contributed by atoms with Crippen LogP contribution in [0.25, 0.3) is 0 Å². The van der Waals surface area contributed by atoms with E-state index in [0.717, 1.165) is 17.9 Å². The second-order valence-corrected chi connectivity index (χ2v) is 4.22. The van der Waals surface area contributed by atoms with Gasteiger partial charge in [-0.1, -0.05) is 6.07 Å². The van der Waals surface area contributed by atoms with Crippen molar-refractivity contribution < 1.29 is 9.53 Å². The number of ether oxygens (including phenoxy) is 1. The van der Waals surface area contributed by atoms with E-state index in [2.05, 4.69) is 10.3 Å². The minimum Gasteiger partial charge on any atom is -0.489 e. The molecular formula is C15H17N3O2. The highest BCUT2D eigenvalue weighted by Crippen LogP contribution is 2.17. The zero-order valence-electron chi connectivity index (χ0n) is 11.3. The van der Waals surface area contributed by atoms with Crippen LogP contribution in [-0.2, 0) is 6.61 Å². The molecule has 0 fully saturated rings. The molecule has 1 amide bonds. The van der Waals surface area contributed by atoms with Gasteiger partial charge in [-0.3, -0.25) is 4.79 Å². The SMILES string of the molecule is CCNc1ncccc1COc1ccc(C(N)=O)cc1. The van der Waals surface area contributed by atoms with E-state index in [1.807, 2.05) is 19.1 Å². The summed E-state index contributed by atoms with van der Waals surface area (Å²) < 4.78 is 5.68. The predicted octanol–water partition coefficient (Wildman–Crippen LogP) is 2.19. The maximum atomic E-state index is 11.0. The fourth-order valence-corrected chi connectivity index (χ4v) is 1.76. The maximum Gasteiger partial charge on any atom is 0.248 e. The molecule has 0 aliphatic heterocycles. The van der Waals surface area contributed by atoms with Crippen LogP contribution >= 0.6 is 0 Å². The lowest BCUT2D eigenvalue weighted by Crippen LogP contribution is -2.10. The van der Waals surface area contributed by atoms with Crippen LogP contribution in [0.3, 0.4) is 0 Å². The topological polar surface area (TPSA) is 77.2 Å². The first-order valence-electron chi connectivity index (χ1n) is 6.41. The Balaban J connectivity index is 2.03. The van der Waals surface area contributed by atoms with Gasteiger partial charge in [0.2, 0.25) is 5.91 Å². The van der Waals surface area contributed by atoms with E-state index < -0.39 is 5.91 Å². The van der Waals surface area contributed by atoms with Gasteiger partial charge in [0, 0.05) is 23.9 Å². The maximum absolute atomic E-state index is 11.0. The lowest BCUT2D eigenvalue weighted by Gasteiger charge is -2.11. The van der Waals surface area contributed by atoms with Crippen molar-refractivity contribution in [1.82, 2.24) is 4.98 Å². The zero-order valence-corrected chi connectivity index (χ0v) is 11.3. The number of primary amides is 1. The van der Waals surface area contributed by atoms with Crippen molar-refractivity contribution >= 4 is 11.7 Å². The minimum absolute atomic E-state index is 0.409. The monoisotopic (exact) mass is 271 g/mol. The lowest BCUT2D eigenvalue weighted by molar-refractivity contribution is 0.100. The summed E-state index contributed by atoms with van der Waals surface area (Å²) >= 11 is 0. The van der Waals surface area contributed by atoms with Crippen molar-refractivity contribution in [3.05, 3.63) is 53.7 Å². The Labute approximate surface area is 117 Å². The third kappa shape index (κ3) is 3.47. The van der Waals surface area contributed by atoms with E-state index in [9.17, 15) is 4.79 Å². The first kappa shape index (κ1) is 13.9. The van der Waals surface area contributed by atoms with Crippen molar-refractivity contribution in [2.45, 2.75) is 13.5 Å². The van der Waals surface area contributed by atoms with E-state index in [0.29, 0.717) is 17.9 Å². The number of anilines is 1. The summed E-state index contributed by atoms with van der Waals surface area (Å²) in [6, 6.07) is 10.6. The summed E-state index contributed by atoms with van der Waals surface area (Å²) in [7, 11) is 0. The Morgan fingerprint density at radius 2 is 2.05 bits per heavy atom. The third-order valence-electron chi connectivity index (χ3n) is 2.77. The number of carbonyl (C=O) groups is 1. The smallest absolute Gasteiger partial charge is 0.248 e. The molecule has 20 heavy (non-hydrogen) atoms. The molecule has 1 aromatic carbocycles. The first-order valence-corrected chi connectivity index (χ1v) is 6.41. The molecule has 3 N–H and O–H groups in total. The van der Waals surface area contributed by atoms with Gasteiger partial charge in [0.1, 0.15) is 18.2 Å². The third-order valence-corrected chi connectivity index (χ3v) is 2.77. The van der Waals surface area contributed by atoms with Gasteiger partial charge < -0.3 is 15.8 Å². The molecule has 0 spiro atoms. The van der Waals surface area contributed by atoms with Crippen molar-refractivity contribution in [3.63, 3.8) is 0 Å². The number of rotatable bonds is 6. The lowest BCUT2D eigenvalue weighted by atomic mass is 10.2. The second kappa shape index (κ2) is 6.56. The summed E-state index contributed by atoms with van der Waals surface area (Å²) in [6.07, 6.45) is 1.74. The average Bonchev–Trinajstić information content (AvgIpc) is 2.47. The highest BCUT2D eigenvalue weighted by atomic mass is 16.5. The molecule has 2 rings (SSSR count). The fourth-order valence-electron chi connectivity index (χ4n) is 1.76. The Bertz CT molecular complexity index is 582. The molecule has 2 aromatic rings. The second-order valence-electron chi connectivity index (χ2n) is 4.22. The Morgan fingerprint density at radius 1 is 1.30 bits per heavy atom. The summed E-state index contributed by atoms with van der Waals surface area (Å²) in [5, 5.41) is 3.18. The molecule has 5 nitrogen and oxygen atoms in total. The summed E-state index contributed by atoms with van der Waals surface area (Å²) in [4.78, 5) is 15.2. The molecule has 0 saturated carbocycles. The molecule has 1 aromatic heterocycles. The van der Waals surface area contributed by atoms with Crippen LogP contribution in [0.1, 0.15) is 22.8 Å². The predicted molar refractivity (Wildman–Crippen MR) is 77.7 cm³/mol. The summed E-state index contributed by atoms with van der Waals surface area (Å²) in [5.41, 5.74) is 6.63. The van der Waals surface area contributed by atoms with E-state index in [-0.39, 0.29) is 0 Å². The molecule has 0 saturated heterocycles. The Hall–Kier alpha value is -2.56. The van der Waals surface area contributed by atoms with Crippen LogP contribution < -0.4 is 15.8 Å². The molecule has 0 aliphatic carbocycles. The molecule has 5 heteroatoms. The van der Waals surface area contributed by atoms with Crippen LogP contribution in [0.5, 0.6) is 5.75 Å². The van der Waals surface area contributed by atoms with Crippen LogP contribution in [-0.4, -0.2) is 17.4 Å². The number of nitrogens with zero attached hydrogens (tertiary/aromatic N) is 1. The number of benzene rings is 1. The first-order chi connectivity index (χ1) is 9.70. The number of hydrogen-bond donors (Lipinski definition) is 2. The molecular weight excluding hydrogens is 254 g/mol. The van der Waals surface area contributed by atoms with E-state index in [4.69, 9.17) is 10.5 Å². The molecule has 0 aliphatic rings. The molecule has 104 valence electrons. The highest BCUT2D eigenvalue weighted by Gasteiger charge is 2.04. The molecule has 0 bridgehead atoms. The summed E-state index contributed by atoms with van der Waals surface area (Å²) in [5.74, 6) is 1.06. The highest BCUT2D eigenvalue weighted by molar-refractivity contribution is 5.92. The van der Waals surface area contributed by atoms with Gasteiger partial charge in [-0.15, -0.1) is 0 Å². The molecule has 0 atom stereocenters. The number of nitrogens with two attached hydrogens (primary N) is 1. The number of nitrogens with one attached hydrogen (secondary N) is 1. The number of carbonyl (C=O) groups excluding carboxylic acids is 1. The van der Waals surface area contributed by atoms with Crippen molar-refractivity contribution in [2.75, 3.05) is 11.9 Å². The van der Waals surface area contributed by atoms with Gasteiger partial charge in [0.25, 0.3) is 0 Å². The van der Waals surface area contributed by atoms with E-state index in [1.54, 1.807) is 30.5 Å². The van der Waals surface area contributed by atoms with E-state index in [1.165, 1.54) is 0 Å².